The van der Waals surface area contributed by atoms with Crippen molar-refractivity contribution in [1.82, 2.24) is 4.90 Å². The van der Waals surface area contributed by atoms with Crippen LogP contribution in [0.25, 0.3) is 0 Å². The molecule has 0 unspecified atom stereocenters. The van der Waals surface area contributed by atoms with E-state index in [-0.39, 0.29) is 18.5 Å². The molecule has 4 nitrogen and oxygen atoms in total. The lowest BCUT2D eigenvalue weighted by atomic mass is 10.2. The predicted molar refractivity (Wildman–Crippen MR) is 93.8 cm³/mol. The van der Waals surface area contributed by atoms with Crippen LogP contribution in [0.4, 0.5) is 0 Å². The maximum Gasteiger partial charge on any atom is 0.338 e. The molecular formula is C15H20INO3S. The molecule has 0 radical (unpaired) electrons. The van der Waals surface area contributed by atoms with E-state index in [4.69, 9.17) is 4.74 Å². The van der Waals surface area contributed by atoms with E-state index in [0.717, 1.165) is 18.0 Å². The van der Waals surface area contributed by atoms with Gasteiger partial charge >= 0.3 is 5.97 Å². The summed E-state index contributed by atoms with van der Waals surface area (Å²) in [6.07, 6.45) is 0.974. The van der Waals surface area contributed by atoms with Crippen LogP contribution >= 0.6 is 30.1 Å². The largest absolute Gasteiger partial charge is 0.462 e. The third kappa shape index (κ3) is 6.25. The molecule has 1 amide bonds. The van der Waals surface area contributed by atoms with Crippen molar-refractivity contribution in [3.8, 4) is 0 Å². The number of carbonyl (C=O) groups is 2. The molecule has 1 rings (SSSR count). The lowest BCUT2D eigenvalue weighted by molar-refractivity contribution is -0.131. The summed E-state index contributed by atoms with van der Waals surface area (Å²) in [7, 11) is 1.60. The summed E-state index contributed by atoms with van der Waals surface area (Å²) in [5.74, 6) is -0.227. The average molecular weight is 421 g/mol. The first-order valence-electron chi connectivity index (χ1n) is 6.95. The van der Waals surface area contributed by atoms with Gasteiger partial charge in [0, 0.05) is 45.6 Å². The van der Waals surface area contributed by atoms with E-state index in [0.29, 0.717) is 18.4 Å². The Hall–Kier alpha value is -0.760. The number of amides is 1. The Morgan fingerprint density at radius 2 is 1.81 bits per heavy atom. The van der Waals surface area contributed by atoms with Gasteiger partial charge < -0.3 is 9.64 Å². The maximum atomic E-state index is 11.8. The normalized spacial score (nSPS) is 10.2. The molecule has 0 N–H and O–H groups in total. The van der Waals surface area contributed by atoms with Crippen molar-refractivity contribution in [2.24, 2.45) is 0 Å². The van der Waals surface area contributed by atoms with E-state index in [1.165, 1.54) is 0 Å². The lowest BCUT2D eigenvalue weighted by Crippen LogP contribution is -2.30. The van der Waals surface area contributed by atoms with Gasteiger partial charge in [0.25, 0.3) is 0 Å². The van der Waals surface area contributed by atoms with Gasteiger partial charge in [-0.3, -0.25) is 4.79 Å². The first kappa shape index (κ1) is 18.3. The van der Waals surface area contributed by atoms with Crippen LogP contribution in [0, 0.1) is 0 Å². The summed E-state index contributed by atoms with van der Waals surface area (Å²) in [4.78, 5) is 26.5. The molecule has 0 aliphatic rings. The number of benzene rings is 1. The number of nitrogens with zero attached hydrogens (tertiary/aromatic N) is 1. The van der Waals surface area contributed by atoms with Gasteiger partial charge in [0.2, 0.25) is 5.91 Å². The fourth-order valence-corrected chi connectivity index (χ4v) is 2.97. The van der Waals surface area contributed by atoms with Gasteiger partial charge in [0.1, 0.15) is 0 Å². The molecule has 0 aliphatic carbocycles. The number of hydrogen-bond donors (Lipinski definition) is 0. The zero-order valence-corrected chi connectivity index (χ0v) is 15.3. The summed E-state index contributed by atoms with van der Waals surface area (Å²) in [6.45, 7) is 5.62. The quantitative estimate of drug-likeness (QED) is 0.363. The van der Waals surface area contributed by atoms with Crippen LogP contribution in [0.5, 0.6) is 0 Å². The van der Waals surface area contributed by atoms with Gasteiger partial charge in [-0.1, -0.05) is 8.93 Å². The van der Waals surface area contributed by atoms with Crippen LogP contribution in [0.3, 0.4) is 0 Å². The minimum absolute atomic E-state index is 0.111. The molecule has 116 valence electrons. The molecule has 0 heterocycles. The Balaban J connectivity index is 2.31. The summed E-state index contributed by atoms with van der Waals surface area (Å²) in [6, 6.07) is 7.28. The Kier molecular flexibility index (Phi) is 8.75. The van der Waals surface area contributed by atoms with Crippen molar-refractivity contribution >= 4 is 42.0 Å². The van der Waals surface area contributed by atoms with Gasteiger partial charge in [-0.2, -0.15) is 0 Å². The van der Waals surface area contributed by atoms with Crippen molar-refractivity contribution in [2.75, 3.05) is 19.7 Å². The van der Waals surface area contributed by atoms with Gasteiger partial charge in [-0.25, -0.2) is 4.79 Å². The Morgan fingerprint density at radius 1 is 1.19 bits per heavy atom. The lowest BCUT2D eigenvalue weighted by Gasteiger charge is -2.18. The second-order valence-electron chi connectivity index (χ2n) is 4.41. The second kappa shape index (κ2) is 10.0. The van der Waals surface area contributed by atoms with Crippen molar-refractivity contribution in [3.05, 3.63) is 29.8 Å². The van der Waals surface area contributed by atoms with E-state index in [2.05, 4.69) is 21.2 Å². The molecule has 0 aliphatic heterocycles. The summed E-state index contributed by atoms with van der Waals surface area (Å²) >= 11 is 2.19. The van der Waals surface area contributed by atoms with Crippen molar-refractivity contribution in [3.63, 3.8) is 0 Å². The number of rotatable bonds is 8. The summed E-state index contributed by atoms with van der Waals surface area (Å²) in [5.41, 5.74) is 0.541. The summed E-state index contributed by atoms with van der Waals surface area (Å²) in [5, 5.41) is 0. The molecule has 6 heteroatoms. The third-order valence-corrected chi connectivity index (χ3v) is 5.04. The number of halogens is 1. The topological polar surface area (TPSA) is 46.6 Å². The van der Waals surface area contributed by atoms with E-state index in [9.17, 15) is 9.59 Å². The molecule has 0 fully saturated rings. The molecule has 0 spiro atoms. The van der Waals surface area contributed by atoms with Gasteiger partial charge in [-0.15, -0.1) is 0 Å². The van der Waals surface area contributed by atoms with Crippen LogP contribution in [-0.4, -0.2) is 36.5 Å². The number of hydrogen-bond acceptors (Lipinski definition) is 4. The van der Waals surface area contributed by atoms with Crippen LogP contribution in [-0.2, 0) is 9.53 Å². The zero-order chi connectivity index (χ0) is 15.7. The minimum atomic E-state index is -0.338. The number of carbonyl (C=O) groups excluding carboxylic acids is 2. The molecular weight excluding hydrogens is 401 g/mol. The van der Waals surface area contributed by atoms with E-state index >= 15 is 0 Å². The Morgan fingerprint density at radius 3 is 2.33 bits per heavy atom. The SMILES string of the molecule is CCN(CC)C(=O)CCCOC(=O)c1ccc(SI)cc1. The van der Waals surface area contributed by atoms with E-state index in [1.807, 2.05) is 26.0 Å². The predicted octanol–water partition coefficient (Wildman–Crippen LogP) is 3.93. The summed E-state index contributed by atoms with van der Waals surface area (Å²) < 4.78 is 5.18. The highest BCUT2D eigenvalue weighted by Gasteiger charge is 2.10. The highest BCUT2D eigenvalue weighted by molar-refractivity contribution is 14.2. The average Bonchev–Trinajstić information content (AvgIpc) is 2.52. The van der Waals surface area contributed by atoms with Crippen LogP contribution in [0.15, 0.2) is 29.2 Å². The fourth-order valence-electron chi connectivity index (χ4n) is 1.85. The molecule has 0 aromatic heterocycles. The number of ether oxygens (including phenoxy) is 1. The molecule has 1 aromatic carbocycles. The van der Waals surface area contributed by atoms with Crippen LogP contribution in [0.1, 0.15) is 37.0 Å². The molecule has 21 heavy (non-hydrogen) atoms. The van der Waals surface area contributed by atoms with Gasteiger partial charge in [0.15, 0.2) is 0 Å². The van der Waals surface area contributed by atoms with E-state index in [1.54, 1.807) is 26.0 Å². The molecule has 0 bridgehead atoms. The Bertz CT molecular complexity index is 460. The number of esters is 1. The van der Waals surface area contributed by atoms with Crippen molar-refractivity contribution < 1.29 is 14.3 Å². The Labute approximate surface area is 142 Å². The van der Waals surface area contributed by atoms with Crippen molar-refractivity contribution in [1.29, 1.82) is 0 Å². The minimum Gasteiger partial charge on any atom is -0.462 e. The van der Waals surface area contributed by atoms with Crippen LogP contribution in [0.2, 0.25) is 0 Å². The molecule has 0 saturated heterocycles. The maximum absolute atomic E-state index is 11.8. The first-order chi connectivity index (χ1) is 10.1. The molecule has 0 atom stereocenters. The highest BCUT2D eigenvalue weighted by Crippen LogP contribution is 2.24. The highest BCUT2D eigenvalue weighted by atomic mass is 127. The molecule has 1 aromatic rings. The molecule has 0 saturated carbocycles. The fraction of sp³-hybridized carbons (Fsp3) is 0.467. The first-order valence-corrected chi connectivity index (χ1v) is 10.3. The van der Waals surface area contributed by atoms with E-state index < -0.39 is 0 Å². The standard InChI is InChI=1S/C15H20INO3S/c1-3-17(4-2)14(18)6-5-11-20-15(19)12-7-9-13(21-16)10-8-12/h7-10H,3-6,11H2,1-2H3. The zero-order valence-electron chi connectivity index (χ0n) is 12.3. The van der Waals surface area contributed by atoms with Gasteiger partial charge in [0.05, 0.1) is 12.2 Å². The van der Waals surface area contributed by atoms with Crippen LogP contribution < -0.4 is 0 Å². The smallest absolute Gasteiger partial charge is 0.338 e. The van der Waals surface area contributed by atoms with Crippen molar-refractivity contribution in [2.45, 2.75) is 31.6 Å². The van der Waals surface area contributed by atoms with Gasteiger partial charge in [-0.05, 0) is 44.5 Å². The second-order valence-corrected chi connectivity index (χ2v) is 6.35. The monoisotopic (exact) mass is 421 g/mol. The third-order valence-electron chi connectivity index (χ3n) is 3.06.